The molecular weight excluding hydrogens is 178 g/mol. The van der Waals surface area contributed by atoms with Crippen molar-refractivity contribution in [2.45, 2.75) is 25.2 Å². The first-order valence-corrected chi connectivity index (χ1v) is 4.41. The Bertz CT molecular complexity index is 197. The van der Waals surface area contributed by atoms with Gasteiger partial charge in [0.1, 0.15) is 0 Å². The molecule has 3 nitrogen and oxygen atoms in total. The van der Waals surface area contributed by atoms with Crippen molar-refractivity contribution in [2.75, 3.05) is 13.1 Å². The molecule has 1 rings (SSSR count). The molecular formula is C8H14F2N2O. The predicted molar refractivity (Wildman–Crippen MR) is 44.4 cm³/mol. The van der Waals surface area contributed by atoms with Gasteiger partial charge in [-0.1, -0.05) is 0 Å². The average molecular weight is 192 g/mol. The van der Waals surface area contributed by atoms with Crippen LogP contribution in [-0.4, -0.2) is 24.9 Å². The lowest BCUT2D eigenvalue weighted by molar-refractivity contribution is -0.125. The average Bonchev–Trinajstić information content (AvgIpc) is 2.42. The van der Waals surface area contributed by atoms with Crippen molar-refractivity contribution < 1.29 is 13.6 Å². The molecule has 0 radical (unpaired) electrons. The second-order valence-corrected chi connectivity index (χ2v) is 3.38. The van der Waals surface area contributed by atoms with Crippen molar-refractivity contribution in [3.05, 3.63) is 0 Å². The van der Waals surface area contributed by atoms with Gasteiger partial charge in [-0.25, -0.2) is 8.78 Å². The van der Waals surface area contributed by atoms with Gasteiger partial charge < -0.3 is 11.1 Å². The highest BCUT2D eigenvalue weighted by Crippen LogP contribution is 2.38. The van der Waals surface area contributed by atoms with E-state index in [-0.39, 0.29) is 25.2 Å². The molecule has 0 aliphatic heterocycles. The lowest BCUT2D eigenvalue weighted by Crippen LogP contribution is -2.33. The maximum atomic E-state index is 12.7. The Morgan fingerprint density at radius 1 is 1.62 bits per heavy atom. The maximum absolute atomic E-state index is 12.7. The van der Waals surface area contributed by atoms with Crippen LogP contribution in [0.5, 0.6) is 0 Å². The predicted octanol–water partition coefficient (Wildman–Crippen LogP) is 0.497. The minimum atomic E-state index is -2.65. The van der Waals surface area contributed by atoms with Crippen LogP contribution in [0.2, 0.25) is 0 Å². The number of rotatable bonds is 3. The summed E-state index contributed by atoms with van der Waals surface area (Å²) in [6.07, 6.45) is -0.208. The van der Waals surface area contributed by atoms with Crippen LogP contribution >= 0.6 is 0 Å². The molecule has 0 bridgehead atoms. The van der Waals surface area contributed by atoms with Crippen molar-refractivity contribution in [2.24, 2.45) is 11.7 Å². The topological polar surface area (TPSA) is 55.1 Å². The highest BCUT2D eigenvalue weighted by atomic mass is 19.3. The van der Waals surface area contributed by atoms with Crippen molar-refractivity contribution >= 4 is 5.91 Å². The molecule has 0 spiro atoms. The minimum Gasteiger partial charge on any atom is -0.355 e. The van der Waals surface area contributed by atoms with Crippen LogP contribution in [0.25, 0.3) is 0 Å². The maximum Gasteiger partial charge on any atom is 0.248 e. The molecule has 3 N–H and O–H groups in total. The SMILES string of the molecule is NCCNC(=O)C1CCC(F)(F)C1. The van der Waals surface area contributed by atoms with Crippen LogP contribution in [0.4, 0.5) is 8.78 Å². The van der Waals surface area contributed by atoms with Gasteiger partial charge in [-0.15, -0.1) is 0 Å². The van der Waals surface area contributed by atoms with E-state index < -0.39 is 11.8 Å². The van der Waals surface area contributed by atoms with E-state index in [1.807, 2.05) is 0 Å². The Labute approximate surface area is 75.7 Å². The third-order valence-electron chi connectivity index (χ3n) is 2.22. The van der Waals surface area contributed by atoms with Gasteiger partial charge in [0.25, 0.3) is 0 Å². The number of halogens is 2. The molecule has 1 amide bonds. The number of carbonyl (C=O) groups is 1. The van der Waals surface area contributed by atoms with Crippen LogP contribution in [0.15, 0.2) is 0 Å². The molecule has 5 heteroatoms. The second kappa shape index (κ2) is 4.00. The van der Waals surface area contributed by atoms with Gasteiger partial charge in [-0.2, -0.15) is 0 Å². The molecule has 1 aliphatic carbocycles. The smallest absolute Gasteiger partial charge is 0.248 e. The summed E-state index contributed by atoms with van der Waals surface area (Å²) in [6.45, 7) is 0.704. The molecule has 0 saturated heterocycles. The minimum absolute atomic E-state index is 0.173. The summed E-state index contributed by atoms with van der Waals surface area (Å²) in [6, 6.07) is 0. The van der Waals surface area contributed by atoms with E-state index in [4.69, 9.17) is 5.73 Å². The summed E-state index contributed by atoms with van der Waals surface area (Å²) >= 11 is 0. The highest BCUT2D eigenvalue weighted by Gasteiger charge is 2.42. The van der Waals surface area contributed by atoms with Crippen molar-refractivity contribution in [1.29, 1.82) is 0 Å². The van der Waals surface area contributed by atoms with Crippen LogP contribution < -0.4 is 11.1 Å². The molecule has 13 heavy (non-hydrogen) atoms. The van der Waals surface area contributed by atoms with Gasteiger partial charge in [0, 0.05) is 31.8 Å². The summed E-state index contributed by atoms with van der Waals surface area (Å²) in [7, 11) is 0. The first-order valence-electron chi connectivity index (χ1n) is 4.41. The van der Waals surface area contributed by atoms with E-state index in [0.717, 1.165) is 0 Å². The van der Waals surface area contributed by atoms with E-state index in [1.165, 1.54) is 0 Å². The van der Waals surface area contributed by atoms with E-state index in [2.05, 4.69) is 5.32 Å². The molecule has 0 aromatic heterocycles. The van der Waals surface area contributed by atoms with Gasteiger partial charge in [-0.3, -0.25) is 4.79 Å². The summed E-state index contributed by atoms with van der Waals surface area (Å²) in [4.78, 5) is 11.2. The van der Waals surface area contributed by atoms with Gasteiger partial charge in [-0.05, 0) is 6.42 Å². The molecule has 0 aromatic carbocycles. The number of alkyl halides is 2. The number of nitrogens with one attached hydrogen (secondary N) is 1. The van der Waals surface area contributed by atoms with Gasteiger partial charge in [0.15, 0.2) is 0 Å². The van der Waals surface area contributed by atoms with Crippen LogP contribution in [-0.2, 0) is 4.79 Å². The number of amides is 1. The highest BCUT2D eigenvalue weighted by molar-refractivity contribution is 5.79. The van der Waals surface area contributed by atoms with Crippen LogP contribution in [0, 0.1) is 5.92 Å². The summed E-state index contributed by atoms with van der Waals surface area (Å²) in [5.74, 6) is -3.46. The molecule has 1 atom stereocenters. The summed E-state index contributed by atoms with van der Waals surface area (Å²) in [5.41, 5.74) is 5.17. The van der Waals surface area contributed by atoms with Crippen molar-refractivity contribution in [1.82, 2.24) is 5.32 Å². The number of hydrogen-bond acceptors (Lipinski definition) is 2. The normalized spacial score (nSPS) is 25.9. The molecule has 0 aromatic rings. The molecule has 1 fully saturated rings. The Balaban J connectivity index is 2.33. The first kappa shape index (κ1) is 10.4. The molecule has 0 heterocycles. The zero-order chi connectivity index (χ0) is 9.90. The Morgan fingerprint density at radius 2 is 2.31 bits per heavy atom. The van der Waals surface area contributed by atoms with Crippen LogP contribution in [0.3, 0.4) is 0 Å². The van der Waals surface area contributed by atoms with Crippen molar-refractivity contribution in [3.8, 4) is 0 Å². The van der Waals surface area contributed by atoms with Crippen LogP contribution in [0.1, 0.15) is 19.3 Å². The fourth-order valence-corrected chi connectivity index (χ4v) is 1.51. The van der Waals surface area contributed by atoms with Gasteiger partial charge >= 0.3 is 0 Å². The lowest BCUT2D eigenvalue weighted by atomic mass is 10.1. The van der Waals surface area contributed by atoms with E-state index in [9.17, 15) is 13.6 Å². The zero-order valence-electron chi connectivity index (χ0n) is 7.35. The second-order valence-electron chi connectivity index (χ2n) is 3.38. The first-order chi connectivity index (χ1) is 6.05. The largest absolute Gasteiger partial charge is 0.355 e. The lowest BCUT2D eigenvalue weighted by Gasteiger charge is -2.10. The molecule has 1 unspecified atom stereocenters. The third kappa shape index (κ3) is 2.91. The van der Waals surface area contributed by atoms with Gasteiger partial charge in [0.2, 0.25) is 11.8 Å². The van der Waals surface area contributed by atoms with E-state index in [0.29, 0.717) is 13.1 Å². The Morgan fingerprint density at radius 3 is 2.77 bits per heavy atom. The Kier molecular flexibility index (Phi) is 3.19. The molecule has 1 aliphatic rings. The van der Waals surface area contributed by atoms with E-state index >= 15 is 0 Å². The number of hydrogen-bond donors (Lipinski definition) is 2. The van der Waals surface area contributed by atoms with E-state index in [1.54, 1.807) is 0 Å². The monoisotopic (exact) mass is 192 g/mol. The quantitative estimate of drug-likeness (QED) is 0.684. The third-order valence-corrected chi connectivity index (χ3v) is 2.22. The number of nitrogens with two attached hydrogens (primary N) is 1. The Hall–Kier alpha value is -0.710. The standard InChI is InChI=1S/C8H14F2N2O/c9-8(10)2-1-6(5-8)7(13)12-4-3-11/h6H,1-5,11H2,(H,12,13). The number of carbonyl (C=O) groups excluding carboxylic acids is 1. The fourth-order valence-electron chi connectivity index (χ4n) is 1.51. The molecule has 1 saturated carbocycles. The fraction of sp³-hybridized carbons (Fsp3) is 0.875. The zero-order valence-corrected chi connectivity index (χ0v) is 7.35. The summed E-state index contributed by atoms with van der Waals surface area (Å²) in [5, 5.41) is 2.51. The van der Waals surface area contributed by atoms with Crippen molar-refractivity contribution in [3.63, 3.8) is 0 Å². The van der Waals surface area contributed by atoms with Gasteiger partial charge in [0.05, 0.1) is 0 Å². The molecule has 76 valence electrons. The summed E-state index contributed by atoms with van der Waals surface area (Å²) < 4.78 is 25.3.